The van der Waals surface area contributed by atoms with E-state index in [1.807, 2.05) is 60.7 Å². The van der Waals surface area contributed by atoms with Gasteiger partial charge in [-0.05, 0) is 23.5 Å². The number of thiol groups is 1. The smallest absolute Gasteiger partial charge is 0.327 e. The second kappa shape index (κ2) is 14.3. The molecule has 0 spiro atoms. The maximum absolute atomic E-state index is 13.3. The molecule has 2 rings (SSSR count). The molecule has 0 saturated heterocycles. The van der Waals surface area contributed by atoms with Crippen LogP contribution in [-0.2, 0) is 32.0 Å². The minimum absolute atomic E-state index is 0.105. The van der Waals surface area contributed by atoms with Crippen molar-refractivity contribution in [3.63, 3.8) is 0 Å². The van der Waals surface area contributed by atoms with Crippen molar-refractivity contribution in [3.05, 3.63) is 71.8 Å². The molecule has 0 bridgehead atoms. The first-order valence-electron chi connectivity index (χ1n) is 11.7. The van der Waals surface area contributed by atoms with E-state index in [1.165, 1.54) is 0 Å². The molecular formula is C26H34N4O5S. The summed E-state index contributed by atoms with van der Waals surface area (Å²) in [6.07, 6.45) is 0.473. The minimum atomic E-state index is -1.23. The number of rotatable bonds is 13. The molecule has 0 aliphatic rings. The Labute approximate surface area is 216 Å². The quantitative estimate of drug-likeness (QED) is 0.219. The topological polar surface area (TPSA) is 151 Å². The van der Waals surface area contributed by atoms with E-state index in [9.17, 15) is 24.3 Å². The molecule has 6 N–H and O–H groups in total. The van der Waals surface area contributed by atoms with Crippen molar-refractivity contribution in [2.45, 2.75) is 50.9 Å². The van der Waals surface area contributed by atoms with Crippen molar-refractivity contribution in [3.8, 4) is 0 Å². The Bertz CT molecular complexity index is 1020. The lowest BCUT2D eigenvalue weighted by molar-refractivity contribution is -0.142. The molecule has 4 unspecified atom stereocenters. The zero-order valence-corrected chi connectivity index (χ0v) is 21.3. The van der Waals surface area contributed by atoms with E-state index in [2.05, 4.69) is 28.6 Å². The molecule has 3 amide bonds. The zero-order chi connectivity index (χ0) is 26.7. The van der Waals surface area contributed by atoms with Crippen molar-refractivity contribution in [1.82, 2.24) is 16.0 Å². The lowest BCUT2D eigenvalue weighted by atomic mass is 10.00. The van der Waals surface area contributed by atoms with Gasteiger partial charge in [-0.1, -0.05) is 74.5 Å². The first-order valence-corrected chi connectivity index (χ1v) is 12.3. The van der Waals surface area contributed by atoms with Crippen LogP contribution in [0.1, 0.15) is 25.0 Å². The number of carbonyl (C=O) groups is 4. The number of nitrogens with one attached hydrogen (secondary N) is 3. The van der Waals surface area contributed by atoms with Gasteiger partial charge < -0.3 is 26.8 Å². The molecule has 0 saturated carbocycles. The molecule has 0 heterocycles. The van der Waals surface area contributed by atoms with Crippen LogP contribution < -0.4 is 21.7 Å². The molecule has 2 aromatic carbocycles. The molecule has 36 heavy (non-hydrogen) atoms. The van der Waals surface area contributed by atoms with Crippen LogP contribution in [0.15, 0.2) is 60.7 Å². The monoisotopic (exact) mass is 514 g/mol. The molecule has 0 radical (unpaired) electrons. The first-order chi connectivity index (χ1) is 17.1. The van der Waals surface area contributed by atoms with Crippen molar-refractivity contribution in [2.75, 3.05) is 5.75 Å². The Balaban J connectivity index is 2.17. The van der Waals surface area contributed by atoms with Gasteiger partial charge in [-0.25, -0.2) is 4.79 Å². The summed E-state index contributed by atoms with van der Waals surface area (Å²) in [6.45, 7) is 3.45. The van der Waals surface area contributed by atoms with Crippen molar-refractivity contribution in [1.29, 1.82) is 0 Å². The Kier molecular flexibility index (Phi) is 11.4. The lowest BCUT2D eigenvalue weighted by Crippen LogP contribution is -2.59. The molecule has 0 aliphatic carbocycles. The number of aliphatic carboxylic acids is 1. The molecule has 2 aromatic rings. The van der Waals surface area contributed by atoms with Crippen LogP contribution in [0.3, 0.4) is 0 Å². The van der Waals surface area contributed by atoms with E-state index in [1.54, 1.807) is 13.8 Å². The highest BCUT2D eigenvalue weighted by atomic mass is 32.1. The fraction of sp³-hybridized carbons (Fsp3) is 0.385. The summed E-state index contributed by atoms with van der Waals surface area (Å²) in [5.74, 6) is -3.41. The molecule has 0 aromatic heterocycles. The van der Waals surface area contributed by atoms with Gasteiger partial charge in [-0.3, -0.25) is 14.4 Å². The fourth-order valence-corrected chi connectivity index (χ4v) is 3.78. The third-order valence-electron chi connectivity index (χ3n) is 5.59. The van der Waals surface area contributed by atoms with E-state index in [0.717, 1.165) is 11.1 Å². The fourth-order valence-electron chi connectivity index (χ4n) is 3.53. The van der Waals surface area contributed by atoms with E-state index in [4.69, 9.17) is 5.73 Å². The van der Waals surface area contributed by atoms with Gasteiger partial charge >= 0.3 is 5.97 Å². The molecule has 194 valence electrons. The third kappa shape index (κ3) is 9.01. The Morgan fingerprint density at radius 2 is 1.28 bits per heavy atom. The van der Waals surface area contributed by atoms with Gasteiger partial charge in [0, 0.05) is 12.2 Å². The summed E-state index contributed by atoms with van der Waals surface area (Å²) >= 11 is 3.96. The van der Waals surface area contributed by atoms with Gasteiger partial charge in [0.05, 0.1) is 6.04 Å². The predicted molar refractivity (Wildman–Crippen MR) is 140 cm³/mol. The number of hydrogen-bond donors (Lipinski definition) is 6. The average Bonchev–Trinajstić information content (AvgIpc) is 2.85. The van der Waals surface area contributed by atoms with Crippen molar-refractivity contribution < 1.29 is 24.3 Å². The van der Waals surface area contributed by atoms with E-state index in [-0.39, 0.29) is 18.1 Å². The Morgan fingerprint density at radius 1 is 0.778 bits per heavy atom. The van der Waals surface area contributed by atoms with Gasteiger partial charge in [-0.15, -0.1) is 0 Å². The van der Waals surface area contributed by atoms with Crippen LogP contribution in [0.2, 0.25) is 0 Å². The van der Waals surface area contributed by atoms with Crippen LogP contribution in [0.5, 0.6) is 0 Å². The van der Waals surface area contributed by atoms with Gasteiger partial charge in [0.15, 0.2) is 0 Å². The first kappa shape index (κ1) is 28.9. The maximum Gasteiger partial charge on any atom is 0.327 e. The highest BCUT2D eigenvalue weighted by molar-refractivity contribution is 7.80. The lowest BCUT2D eigenvalue weighted by Gasteiger charge is -2.27. The van der Waals surface area contributed by atoms with Gasteiger partial charge in [0.1, 0.15) is 18.1 Å². The van der Waals surface area contributed by atoms with Crippen LogP contribution in [-0.4, -0.2) is 58.7 Å². The molecule has 0 fully saturated rings. The Hall–Kier alpha value is -3.37. The summed E-state index contributed by atoms with van der Waals surface area (Å²) < 4.78 is 0. The van der Waals surface area contributed by atoms with Gasteiger partial charge in [-0.2, -0.15) is 12.6 Å². The van der Waals surface area contributed by atoms with Crippen LogP contribution in [0.4, 0.5) is 0 Å². The van der Waals surface area contributed by atoms with Crippen molar-refractivity contribution in [2.24, 2.45) is 11.7 Å². The van der Waals surface area contributed by atoms with Crippen molar-refractivity contribution >= 4 is 36.3 Å². The van der Waals surface area contributed by atoms with Gasteiger partial charge in [0.25, 0.3) is 0 Å². The summed E-state index contributed by atoms with van der Waals surface area (Å²) in [5.41, 5.74) is 7.81. The average molecular weight is 515 g/mol. The molecule has 10 heteroatoms. The van der Waals surface area contributed by atoms with E-state index in [0.29, 0.717) is 6.42 Å². The molecular weight excluding hydrogens is 480 g/mol. The highest BCUT2D eigenvalue weighted by Gasteiger charge is 2.31. The van der Waals surface area contributed by atoms with Crippen LogP contribution in [0.25, 0.3) is 0 Å². The number of carbonyl (C=O) groups excluding carboxylic acids is 3. The van der Waals surface area contributed by atoms with Crippen LogP contribution >= 0.6 is 12.6 Å². The highest BCUT2D eigenvalue weighted by Crippen LogP contribution is 2.09. The number of nitrogens with two attached hydrogens (primary N) is 1. The number of carboxylic acid groups (broad SMARTS) is 1. The number of carboxylic acids is 1. The molecule has 4 atom stereocenters. The Morgan fingerprint density at radius 3 is 1.75 bits per heavy atom. The second-order valence-electron chi connectivity index (χ2n) is 8.86. The van der Waals surface area contributed by atoms with E-state index < -0.39 is 47.9 Å². The zero-order valence-electron chi connectivity index (χ0n) is 20.4. The van der Waals surface area contributed by atoms with E-state index >= 15 is 0 Å². The predicted octanol–water partition coefficient (Wildman–Crippen LogP) is 0.924. The summed E-state index contributed by atoms with van der Waals surface area (Å²) in [5, 5.41) is 17.0. The SMILES string of the molecule is CC(C)C(NC(=O)C(Cc1ccccc1)NC(=O)C(N)Cc1ccccc1)C(=O)NC(CS)C(=O)O. The number of benzene rings is 2. The van der Waals surface area contributed by atoms with Crippen LogP contribution in [0, 0.1) is 5.92 Å². The minimum Gasteiger partial charge on any atom is -0.480 e. The maximum atomic E-state index is 13.3. The summed E-state index contributed by atoms with van der Waals surface area (Å²) in [4.78, 5) is 50.3. The largest absolute Gasteiger partial charge is 0.480 e. The molecule has 0 aliphatic heterocycles. The second-order valence-corrected chi connectivity index (χ2v) is 9.22. The summed E-state index contributed by atoms with van der Waals surface area (Å²) in [6, 6.07) is 14.3. The third-order valence-corrected chi connectivity index (χ3v) is 5.96. The standard InChI is InChI=1S/C26H34N4O5S/c1-16(2)22(25(33)29-21(15-36)26(34)35)30-24(32)20(14-18-11-7-4-8-12-18)28-23(31)19(27)13-17-9-5-3-6-10-17/h3-12,16,19-22,36H,13-15,27H2,1-2H3,(H,28,31)(H,29,33)(H,30,32)(H,34,35). The normalized spacial score (nSPS) is 14.2. The summed E-state index contributed by atoms with van der Waals surface area (Å²) in [7, 11) is 0. The molecule has 9 nitrogen and oxygen atoms in total. The number of amides is 3. The number of hydrogen-bond acceptors (Lipinski definition) is 6. The van der Waals surface area contributed by atoms with Gasteiger partial charge in [0.2, 0.25) is 17.7 Å².